The first-order valence-electron chi connectivity index (χ1n) is 9.89. The molecule has 0 bridgehead atoms. The number of imidazole rings is 1. The van der Waals surface area contributed by atoms with Crippen LogP contribution in [0.5, 0.6) is 0 Å². The second-order valence-electron chi connectivity index (χ2n) is 7.44. The van der Waals surface area contributed by atoms with E-state index in [1.807, 2.05) is 54.3 Å². The lowest BCUT2D eigenvalue weighted by atomic mass is 10.1. The van der Waals surface area contributed by atoms with Crippen molar-refractivity contribution in [1.82, 2.24) is 24.3 Å². The molecule has 3 heterocycles. The maximum atomic E-state index is 13.2. The molecule has 0 radical (unpaired) electrons. The first-order chi connectivity index (χ1) is 14.5. The predicted molar refractivity (Wildman–Crippen MR) is 117 cm³/mol. The van der Waals surface area contributed by atoms with Gasteiger partial charge in [0.15, 0.2) is 10.7 Å². The summed E-state index contributed by atoms with van der Waals surface area (Å²) < 4.78 is 6.99. The van der Waals surface area contributed by atoms with Crippen molar-refractivity contribution in [2.24, 2.45) is 0 Å². The Morgan fingerprint density at radius 2 is 2.03 bits per heavy atom. The van der Waals surface area contributed by atoms with Crippen molar-refractivity contribution in [1.29, 1.82) is 0 Å². The van der Waals surface area contributed by atoms with Gasteiger partial charge < -0.3 is 9.42 Å². The number of fused-ring (bicyclic) bond motifs is 1. The lowest BCUT2D eigenvalue weighted by Crippen LogP contribution is -2.31. The maximum Gasteiger partial charge on any atom is 0.274 e. The number of benzene rings is 1. The summed E-state index contributed by atoms with van der Waals surface area (Å²) in [5, 5.41) is 6.03. The number of hydrogen-bond acceptors (Lipinski definition) is 6. The summed E-state index contributed by atoms with van der Waals surface area (Å²) in [6.07, 6.45) is 4.35. The van der Waals surface area contributed by atoms with Gasteiger partial charge in [0.1, 0.15) is 12.0 Å². The Hall–Kier alpha value is -2.97. The third kappa shape index (κ3) is 4.15. The van der Waals surface area contributed by atoms with Gasteiger partial charge in [0, 0.05) is 37.8 Å². The number of amides is 1. The predicted octanol–water partition coefficient (Wildman–Crippen LogP) is 3.89. The SMILES string of the molecule is CC(c1ccon1)N(C)Cc1c(C(=O)N(C)CCc2ccccc2)nc2sccn12. The molecule has 0 fully saturated rings. The molecule has 1 aromatic carbocycles. The Morgan fingerprint density at radius 1 is 1.23 bits per heavy atom. The molecule has 0 aliphatic heterocycles. The number of carbonyl (C=O) groups is 1. The summed E-state index contributed by atoms with van der Waals surface area (Å²) in [7, 11) is 3.85. The number of aromatic nitrogens is 3. The van der Waals surface area contributed by atoms with Crippen molar-refractivity contribution in [3.05, 3.63) is 76.9 Å². The zero-order valence-corrected chi connectivity index (χ0v) is 18.2. The van der Waals surface area contributed by atoms with Crippen molar-refractivity contribution in [2.45, 2.75) is 25.9 Å². The summed E-state index contributed by atoms with van der Waals surface area (Å²) in [5.41, 5.74) is 3.47. The average Bonchev–Trinajstić information content (AvgIpc) is 3.50. The Balaban J connectivity index is 1.53. The first-order valence-corrected chi connectivity index (χ1v) is 10.8. The number of rotatable bonds is 8. The molecule has 30 heavy (non-hydrogen) atoms. The van der Waals surface area contributed by atoms with Crippen LogP contribution >= 0.6 is 11.3 Å². The molecular formula is C22H25N5O2S. The lowest BCUT2D eigenvalue weighted by Gasteiger charge is -2.23. The lowest BCUT2D eigenvalue weighted by molar-refractivity contribution is 0.0788. The van der Waals surface area contributed by atoms with E-state index in [1.54, 1.807) is 11.2 Å². The highest BCUT2D eigenvalue weighted by Crippen LogP contribution is 2.24. The molecular weight excluding hydrogens is 398 g/mol. The van der Waals surface area contributed by atoms with E-state index in [0.29, 0.717) is 18.8 Å². The molecule has 0 N–H and O–H groups in total. The molecule has 3 aromatic heterocycles. The summed E-state index contributed by atoms with van der Waals surface area (Å²) >= 11 is 1.53. The minimum Gasteiger partial charge on any atom is -0.364 e. The van der Waals surface area contributed by atoms with Gasteiger partial charge in [-0.1, -0.05) is 35.5 Å². The van der Waals surface area contributed by atoms with E-state index in [1.165, 1.54) is 16.9 Å². The highest BCUT2D eigenvalue weighted by Gasteiger charge is 2.25. The summed E-state index contributed by atoms with van der Waals surface area (Å²) in [4.78, 5) is 22.6. The van der Waals surface area contributed by atoms with Gasteiger partial charge in [-0.2, -0.15) is 0 Å². The molecule has 1 amide bonds. The van der Waals surface area contributed by atoms with Crippen molar-refractivity contribution in [2.75, 3.05) is 20.6 Å². The standard InChI is InChI=1S/C22H25N5O2S/c1-16(18-10-13-29-24-18)26(3)15-19-20(23-22-27(19)12-14-30-22)21(28)25(2)11-9-17-7-5-4-6-8-17/h4-8,10,12-14,16H,9,11,15H2,1-3H3. The van der Waals surface area contributed by atoms with Gasteiger partial charge in [0.2, 0.25) is 0 Å². The summed E-state index contributed by atoms with van der Waals surface area (Å²) in [6.45, 7) is 3.27. The molecule has 4 rings (SSSR count). The Morgan fingerprint density at radius 3 is 2.77 bits per heavy atom. The average molecular weight is 424 g/mol. The zero-order chi connectivity index (χ0) is 21.1. The third-order valence-corrected chi connectivity index (χ3v) is 6.19. The Bertz CT molecular complexity index is 1100. The van der Waals surface area contributed by atoms with Crippen LogP contribution in [-0.2, 0) is 13.0 Å². The number of carbonyl (C=O) groups excluding carboxylic acids is 1. The van der Waals surface area contributed by atoms with Crippen molar-refractivity contribution in [3.63, 3.8) is 0 Å². The molecule has 1 unspecified atom stereocenters. The first kappa shape index (κ1) is 20.3. The van der Waals surface area contributed by atoms with Crippen LogP contribution in [0.25, 0.3) is 4.96 Å². The molecule has 0 spiro atoms. The van der Waals surface area contributed by atoms with Gasteiger partial charge in [-0.15, -0.1) is 11.3 Å². The fourth-order valence-corrected chi connectivity index (χ4v) is 4.15. The highest BCUT2D eigenvalue weighted by atomic mass is 32.1. The second-order valence-corrected chi connectivity index (χ2v) is 8.31. The minimum absolute atomic E-state index is 0.0479. The van der Waals surface area contributed by atoms with E-state index in [0.717, 1.165) is 22.8 Å². The number of likely N-dealkylation sites (N-methyl/N-ethyl adjacent to an activating group) is 1. The minimum atomic E-state index is -0.0562. The molecule has 0 saturated heterocycles. The van der Waals surface area contributed by atoms with E-state index in [-0.39, 0.29) is 11.9 Å². The number of nitrogens with zero attached hydrogens (tertiary/aromatic N) is 5. The van der Waals surface area contributed by atoms with Gasteiger partial charge in [-0.3, -0.25) is 14.1 Å². The van der Waals surface area contributed by atoms with E-state index in [9.17, 15) is 4.79 Å². The van der Waals surface area contributed by atoms with Gasteiger partial charge in [0.25, 0.3) is 5.91 Å². The van der Waals surface area contributed by atoms with Crippen molar-refractivity contribution in [3.8, 4) is 0 Å². The van der Waals surface area contributed by atoms with Crippen molar-refractivity contribution < 1.29 is 9.32 Å². The molecule has 7 nitrogen and oxygen atoms in total. The fourth-order valence-electron chi connectivity index (χ4n) is 3.42. The summed E-state index contributed by atoms with van der Waals surface area (Å²) in [6, 6.07) is 12.1. The molecule has 0 aliphatic carbocycles. The second kappa shape index (κ2) is 8.81. The van der Waals surface area contributed by atoms with Crippen LogP contribution in [-0.4, -0.2) is 50.9 Å². The van der Waals surface area contributed by atoms with E-state index < -0.39 is 0 Å². The molecule has 0 aliphatic rings. The maximum absolute atomic E-state index is 13.2. The number of thiazole rings is 1. The third-order valence-electron chi connectivity index (χ3n) is 5.44. The molecule has 156 valence electrons. The van der Waals surface area contributed by atoms with Crippen LogP contribution < -0.4 is 0 Å². The van der Waals surface area contributed by atoms with Crippen LogP contribution in [0.1, 0.15) is 40.4 Å². The highest BCUT2D eigenvalue weighted by molar-refractivity contribution is 7.15. The number of hydrogen-bond donors (Lipinski definition) is 0. The van der Waals surface area contributed by atoms with Crippen LogP contribution in [0, 0.1) is 0 Å². The fraction of sp³-hybridized carbons (Fsp3) is 0.318. The monoisotopic (exact) mass is 423 g/mol. The van der Waals surface area contributed by atoms with Crippen LogP contribution in [0.2, 0.25) is 0 Å². The summed E-state index contributed by atoms with van der Waals surface area (Å²) in [5.74, 6) is -0.0562. The largest absolute Gasteiger partial charge is 0.364 e. The normalized spacial score (nSPS) is 12.5. The van der Waals surface area contributed by atoms with Crippen LogP contribution in [0.3, 0.4) is 0 Å². The topological polar surface area (TPSA) is 66.9 Å². The van der Waals surface area contributed by atoms with E-state index in [2.05, 4.69) is 34.1 Å². The van der Waals surface area contributed by atoms with E-state index in [4.69, 9.17) is 4.52 Å². The van der Waals surface area contributed by atoms with E-state index >= 15 is 0 Å². The van der Waals surface area contributed by atoms with Crippen LogP contribution in [0.15, 0.2) is 58.8 Å². The Kier molecular flexibility index (Phi) is 5.96. The zero-order valence-electron chi connectivity index (χ0n) is 17.4. The van der Waals surface area contributed by atoms with Gasteiger partial charge in [-0.25, -0.2) is 4.98 Å². The van der Waals surface area contributed by atoms with Gasteiger partial charge in [-0.05, 0) is 26.0 Å². The van der Waals surface area contributed by atoms with Crippen molar-refractivity contribution >= 4 is 22.2 Å². The quantitative estimate of drug-likeness (QED) is 0.430. The molecule has 1 atom stereocenters. The molecule has 0 saturated carbocycles. The Labute approximate surface area is 179 Å². The van der Waals surface area contributed by atoms with Gasteiger partial charge in [0.05, 0.1) is 11.7 Å². The van der Waals surface area contributed by atoms with Crippen LogP contribution in [0.4, 0.5) is 0 Å². The molecule has 4 aromatic rings. The smallest absolute Gasteiger partial charge is 0.274 e. The van der Waals surface area contributed by atoms with Gasteiger partial charge >= 0.3 is 0 Å². The molecule has 8 heteroatoms.